The molecule has 0 aromatic heterocycles. The van der Waals surface area contributed by atoms with Crippen LogP contribution in [-0.4, -0.2) is 48.3 Å². The first-order valence-electron chi connectivity index (χ1n) is 15.6. The molecule has 0 N–H and O–H groups in total. The van der Waals surface area contributed by atoms with Crippen molar-refractivity contribution in [1.29, 1.82) is 5.26 Å². The van der Waals surface area contributed by atoms with Gasteiger partial charge in [-0.25, -0.2) is 0 Å². The summed E-state index contributed by atoms with van der Waals surface area (Å²) in [6, 6.07) is 2.23. The summed E-state index contributed by atoms with van der Waals surface area (Å²) in [5.74, 6) is 1.48. The van der Waals surface area contributed by atoms with Crippen molar-refractivity contribution in [3.05, 3.63) is 23.3 Å². The summed E-state index contributed by atoms with van der Waals surface area (Å²) >= 11 is 0. The van der Waals surface area contributed by atoms with Crippen LogP contribution in [0.5, 0.6) is 0 Å². The van der Waals surface area contributed by atoms with Crippen molar-refractivity contribution in [3.8, 4) is 6.07 Å². The Hall–Kier alpha value is -1.77. The Bertz CT molecular complexity index is 1190. The molecule has 0 amide bonds. The quantitative estimate of drug-likeness (QED) is 0.397. The minimum atomic E-state index is -0.616. The summed E-state index contributed by atoms with van der Waals surface area (Å²) in [7, 11) is 0. The molecule has 0 radical (unpaired) electrons. The van der Waals surface area contributed by atoms with Gasteiger partial charge in [-0.2, -0.15) is 5.26 Å². The number of allylic oxidation sites excluding steroid dienone is 4. The van der Waals surface area contributed by atoms with Crippen LogP contribution in [0, 0.1) is 56.7 Å². The predicted molar refractivity (Wildman–Crippen MR) is 152 cm³/mol. The third-order valence-corrected chi connectivity index (χ3v) is 13.4. The van der Waals surface area contributed by atoms with Gasteiger partial charge >= 0.3 is 0 Å². The third kappa shape index (κ3) is 3.69. The lowest BCUT2D eigenvalue weighted by Crippen LogP contribution is -2.61. The van der Waals surface area contributed by atoms with Crippen molar-refractivity contribution in [1.82, 2.24) is 4.90 Å². The van der Waals surface area contributed by atoms with E-state index in [-0.39, 0.29) is 39.6 Å². The molecule has 4 fully saturated rings. The van der Waals surface area contributed by atoms with Crippen molar-refractivity contribution in [2.45, 2.75) is 98.4 Å². The molecule has 0 unspecified atom stereocenters. The van der Waals surface area contributed by atoms with Crippen molar-refractivity contribution >= 4 is 11.6 Å². The van der Waals surface area contributed by atoms with Crippen LogP contribution >= 0.6 is 0 Å². The highest BCUT2D eigenvalue weighted by Gasteiger charge is 2.67. The second-order valence-electron chi connectivity index (χ2n) is 15.5. The largest absolute Gasteiger partial charge is 0.379 e. The van der Waals surface area contributed by atoms with E-state index in [1.165, 1.54) is 31.3 Å². The molecule has 6 rings (SSSR count). The van der Waals surface area contributed by atoms with Gasteiger partial charge in [0.2, 0.25) is 0 Å². The number of nitriles is 1. The zero-order valence-corrected chi connectivity index (χ0v) is 25.1. The van der Waals surface area contributed by atoms with E-state index in [1.54, 1.807) is 0 Å². The smallest absolute Gasteiger partial charge is 0.178 e. The molecular weight excluding hydrogens is 484 g/mol. The van der Waals surface area contributed by atoms with E-state index < -0.39 is 10.8 Å². The van der Waals surface area contributed by atoms with Crippen molar-refractivity contribution in [3.63, 3.8) is 0 Å². The number of carbonyl (C=O) groups is 2. The summed E-state index contributed by atoms with van der Waals surface area (Å²) in [5, 5.41) is 9.93. The van der Waals surface area contributed by atoms with Gasteiger partial charge in [-0.3, -0.25) is 14.5 Å². The molecule has 1 saturated heterocycles. The number of ether oxygens (including phenoxy) is 1. The van der Waals surface area contributed by atoms with Gasteiger partial charge in [0.1, 0.15) is 6.07 Å². The topological polar surface area (TPSA) is 70.4 Å². The molecule has 5 nitrogen and oxygen atoms in total. The Kier molecular flexibility index (Phi) is 6.23. The molecular formula is C34H48N2O3. The van der Waals surface area contributed by atoms with Crippen LogP contribution in [-0.2, 0) is 14.3 Å². The number of Topliss-reactive ketones (excluding diaryl/α,β-unsaturated/α-hetero) is 1. The van der Waals surface area contributed by atoms with Crippen LogP contribution in [0.1, 0.15) is 92.9 Å². The molecule has 39 heavy (non-hydrogen) atoms. The number of fused-ring (bicyclic) bond motifs is 8. The summed E-state index contributed by atoms with van der Waals surface area (Å²) in [4.78, 5) is 30.5. The fourth-order valence-electron chi connectivity index (χ4n) is 11.1. The summed E-state index contributed by atoms with van der Waals surface area (Å²) in [6.07, 6.45) is 13.0. The first kappa shape index (κ1) is 27.4. The molecule has 6 aliphatic rings. The average molecular weight is 533 g/mol. The minimum Gasteiger partial charge on any atom is -0.379 e. The monoisotopic (exact) mass is 532 g/mol. The van der Waals surface area contributed by atoms with Gasteiger partial charge in [0.05, 0.1) is 18.8 Å². The standard InChI is InChI=1S/C34H48N2O3/c1-30(2)26-9-12-33(5)27(32(26,4)20-24(21-35)29(30)38)18-25(37)28-23-17-22(8-11-34(28,33)6)7-10-31(3,19-23)36-13-15-39-16-14-36/h18,20,22-23,26,28H,7-17,19H2,1-6H3/t22-,23-,26-,28-,31-,32-,33+,34+/m0/s1. The number of hydrogen-bond acceptors (Lipinski definition) is 5. The van der Waals surface area contributed by atoms with Crippen LogP contribution in [0.25, 0.3) is 0 Å². The molecule has 0 spiro atoms. The molecule has 8 atom stereocenters. The Morgan fingerprint density at radius 2 is 1.67 bits per heavy atom. The van der Waals surface area contributed by atoms with Crippen LogP contribution in [0.3, 0.4) is 0 Å². The highest BCUT2D eigenvalue weighted by molar-refractivity contribution is 6.04. The van der Waals surface area contributed by atoms with Crippen molar-refractivity contribution < 1.29 is 14.3 Å². The number of carbonyl (C=O) groups excluding carboxylic acids is 2. The van der Waals surface area contributed by atoms with Crippen LogP contribution < -0.4 is 0 Å². The van der Waals surface area contributed by atoms with Gasteiger partial charge in [0.15, 0.2) is 11.6 Å². The van der Waals surface area contributed by atoms with Gasteiger partial charge < -0.3 is 4.74 Å². The lowest BCUT2D eigenvalue weighted by molar-refractivity contribution is -0.141. The second-order valence-corrected chi connectivity index (χ2v) is 15.5. The normalized spacial score (nSPS) is 47.8. The fraction of sp³-hybridized carbons (Fsp3) is 0.794. The molecule has 3 saturated carbocycles. The molecule has 0 aromatic rings. The van der Waals surface area contributed by atoms with E-state index in [4.69, 9.17) is 4.74 Å². The maximum absolute atomic E-state index is 14.5. The van der Waals surface area contributed by atoms with Gasteiger partial charge in [0, 0.05) is 35.4 Å². The Morgan fingerprint density at radius 1 is 0.974 bits per heavy atom. The maximum Gasteiger partial charge on any atom is 0.178 e. The number of rotatable bonds is 1. The Balaban J connectivity index is 1.45. The maximum atomic E-state index is 14.5. The lowest BCUT2D eigenvalue weighted by Gasteiger charge is -2.65. The lowest BCUT2D eigenvalue weighted by atomic mass is 9.38. The average Bonchev–Trinajstić information content (AvgIpc) is 3.16. The Morgan fingerprint density at radius 3 is 2.36 bits per heavy atom. The minimum absolute atomic E-state index is 0.0347. The summed E-state index contributed by atoms with van der Waals surface area (Å²) < 4.78 is 5.71. The van der Waals surface area contributed by atoms with E-state index in [9.17, 15) is 14.9 Å². The number of ketones is 2. The van der Waals surface area contributed by atoms with Gasteiger partial charge in [-0.15, -0.1) is 0 Å². The number of morpholine rings is 1. The summed E-state index contributed by atoms with van der Waals surface area (Å²) in [6.45, 7) is 17.2. The van der Waals surface area contributed by atoms with E-state index in [0.29, 0.717) is 17.6 Å². The molecule has 212 valence electrons. The molecule has 5 aliphatic carbocycles. The highest BCUT2D eigenvalue weighted by atomic mass is 16.5. The van der Waals surface area contributed by atoms with Crippen molar-refractivity contribution in [2.24, 2.45) is 45.3 Å². The first-order valence-corrected chi connectivity index (χ1v) is 15.6. The SMILES string of the molecule is CC1(C)C(=O)C(C#N)=C[C@]2(C)C3=CC(=O)[C@@H]4[C@H]5C[C@@H](CC[C@](C)(N6CCOCC6)C5)CC[C@@]4(C)[C@]3(C)CC[C@@H]12. The fourth-order valence-corrected chi connectivity index (χ4v) is 11.1. The van der Waals surface area contributed by atoms with Gasteiger partial charge in [-0.05, 0) is 93.0 Å². The first-order chi connectivity index (χ1) is 18.3. The van der Waals surface area contributed by atoms with E-state index in [0.717, 1.165) is 52.0 Å². The van der Waals surface area contributed by atoms with E-state index in [2.05, 4.69) is 38.7 Å². The molecule has 1 aliphatic heterocycles. The zero-order chi connectivity index (χ0) is 28.0. The van der Waals surface area contributed by atoms with E-state index >= 15 is 0 Å². The third-order valence-electron chi connectivity index (χ3n) is 13.4. The highest BCUT2D eigenvalue weighted by Crippen LogP contribution is 2.72. The molecule has 1 heterocycles. The molecule has 2 bridgehead atoms. The number of nitrogens with zero attached hydrogens (tertiary/aromatic N) is 2. The zero-order valence-electron chi connectivity index (χ0n) is 25.1. The van der Waals surface area contributed by atoms with Crippen LogP contribution in [0.4, 0.5) is 0 Å². The van der Waals surface area contributed by atoms with Crippen molar-refractivity contribution in [2.75, 3.05) is 26.3 Å². The summed E-state index contributed by atoms with van der Waals surface area (Å²) in [5.41, 5.74) is 0.263. The molecule has 0 aromatic carbocycles. The van der Waals surface area contributed by atoms with Gasteiger partial charge in [-0.1, -0.05) is 46.3 Å². The van der Waals surface area contributed by atoms with Gasteiger partial charge in [0.25, 0.3) is 0 Å². The molecule has 5 heteroatoms. The Labute approximate surface area is 235 Å². The van der Waals surface area contributed by atoms with Crippen LogP contribution in [0.2, 0.25) is 0 Å². The second kappa shape index (κ2) is 8.86. The van der Waals surface area contributed by atoms with Crippen LogP contribution in [0.15, 0.2) is 23.3 Å². The predicted octanol–water partition coefficient (Wildman–Crippen LogP) is 6.29. The van der Waals surface area contributed by atoms with E-state index in [1.807, 2.05) is 26.0 Å². The number of hydrogen-bond donors (Lipinski definition) is 0.